The maximum atomic E-state index is 13.3. The van der Waals surface area contributed by atoms with E-state index in [0.717, 1.165) is 174 Å². The molecule has 12 rings (SSSR count). The van der Waals surface area contributed by atoms with Gasteiger partial charge in [0.2, 0.25) is 0 Å². The molecule has 4 atom stereocenters. The van der Waals surface area contributed by atoms with E-state index < -0.39 is 0 Å². The SMILES string of the molecule is COC[C@H](NC(=O)c1n[nH]c2c1CCCCC[C@@H]2Cc1cccc(Cl)c1)c1ccccc1.C[C@@H](NC(=O)c1[nH]nc2c1CCCCC/C2=C\c1cccc(Cl)c1)c1ccccc1.C[C@H](NC(=O)c1[nH]nc2c1CCCCC/C2=C\c1cccc(Cl)c1)c1ccccc1. The highest BCUT2D eigenvalue weighted by molar-refractivity contribution is 6.31. The summed E-state index contributed by atoms with van der Waals surface area (Å²) in [6.07, 6.45) is 20.7. The number of allylic oxidation sites excluding steroid dienone is 2. The van der Waals surface area contributed by atoms with Crippen LogP contribution in [0, 0.1) is 0 Å². The van der Waals surface area contributed by atoms with Crippen molar-refractivity contribution in [2.45, 2.75) is 141 Å². The predicted octanol–water partition coefficient (Wildman–Crippen LogP) is 18.0. The Morgan fingerprint density at radius 3 is 1.45 bits per heavy atom. The van der Waals surface area contributed by atoms with Gasteiger partial charge in [-0.1, -0.05) is 188 Å². The summed E-state index contributed by atoms with van der Waals surface area (Å²) < 4.78 is 5.37. The van der Waals surface area contributed by atoms with Crippen LogP contribution in [0.3, 0.4) is 0 Å². The van der Waals surface area contributed by atoms with Crippen molar-refractivity contribution in [2.24, 2.45) is 0 Å². The molecule has 0 saturated heterocycles. The number of carbonyl (C=O) groups is 3. The lowest BCUT2D eigenvalue weighted by molar-refractivity contribution is 0.0888. The first-order valence-corrected chi connectivity index (χ1v) is 33.5. The number of carbonyl (C=O) groups excluding carboxylic acids is 3. The molecule has 0 saturated carbocycles. The largest absolute Gasteiger partial charge is 0.382 e. The number of aromatic nitrogens is 6. The number of fused-ring (bicyclic) bond motifs is 3. The van der Waals surface area contributed by atoms with Gasteiger partial charge in [0.05, 0.1) is 36.1 Å². The summed E-state index contributed by atoms with van der Waals surface area (Å²) in [7, 11) is 1.65. The van der Waals surface area contributed by atoms with E-state index in [1.807, 2.05) is 172 Å². The Hall–Kier alpha value is -8.33. The van der Waals surface area contributed by atoms with Gasteiger partial charge in [-0.2, -0.15) is 15.3 Å². The number of nitrogens with zero attached hydrogens (tertiary/aromatic N) is 3. The maximum absolute atomic E-state index is 13.3. The summed E-state index contributed by atoms with van der Waals surface area (Å²) in [6.45, 7) is 4.40. The monoisotopic (exact) mass is 1290 g/mol. The summed E-state index contributed by atoms with van der Waals surface area (Å²) in [4.78, 5) is 39.4. The number of amides is 3. The van der Waals surface area contributed by atoms with E-state index in [4.69, 9.17) is 39.5 Å². The van der Waals surface area contributed by atoms with Crippen molar-refractivity contribution >= 4 is 75.8 Å². The lowest BCUT2D eigenvalue weighted by atomic mass is 9.85. The molecule has 3 aromatic heterocycles. The minimum atomic E-state index is -0.225. The van der Waals surface area contributed by atoms with Crippen LogP contribution in [0.1, 0.15) is 214 Å². The third-order valence-corrected chi connectivity index (χ3v) is 18.1. The molecular weight excluding hydrogens is 1210 g/mol. The quantitative estimate of drug-likeness (QED) is 0.0590. The number of hydrogen-bond acceptors (Lipinski definition) is 7. The first-order chi connectivity index (χ1) is 44.9. The van der Waals surface area contributed by atoms with Gasteiger partial charge in [-0.15, -0.1) is 0 Å². The predicted molar refractivity (Wildman–Crippen MR) is 372 cm³/mol. The number of methoxy groups -OCH3 is 1. The van der Waals surface area contributed by atoms with Crippen LogP contribution >= 0.6 is 34.8 Å². The number of ether oxygens (including phenoxy) is 1. The first-order valence-electron chi connectivity index (χ1n) is 32.3. The summed E-state index contributed by atoms with van der Waals surface area (Å²) in [5.41, 5.74) is 16.4. The second kappa shape index (κ2) is 33.3. The van der Waals surface area contributed by atoms with Gasteiger partial charge < -0.3 is 20.7 Å². The van der Waals surface area contributed by atoms with E-state index in [9.17, 15) is 14.4 Å². The summed E-state index contributed by atoms with van der Waals surface area (Å²) in [6, 6.07) is 53.2. The van der Waals surface area contributed by atoms with Gasteiger partial charge >= 0.3 is 0 Å². The Balaban J connectivity index is 0.000000151. The van der Waals surface area contributed by atoms with Crippen LogP contribution in [0.2, 0.25) is 15.1 Å². The van der Waals surface area contributed by atoms with Crippen LogP contribution in [0.15, 0.2) is 164 Å². The number of nitrogens with one attached hydrogen (secondary N) is 6. The lowest BCUT2D eigenvalue weighted by Crippen LogP contribution is -2.32. The molecule has 0 radical (unpaired) electrons. The minimum absolute atomic E-state index is 0.0762. The van der Waals surface area contributed by atoms with Crippen LogP contribution in [0.5, 0.6) is 0 Å². The fourth-order valence-electron chi connectivity index (χ4n) is 12.6. The van der Waals surface area contributed by atoms with Crippen molar-refractivity contribution in [3.8, 4) is 0 Å². The van der Waals surface area contributed by atoms with Gasteiger partial charge in [0, 0.05) is 50.5 Å². The first kappa shape index (κ1) is 66.6. The molecule has 0 unspecified atom stereocenters. The molecule has 3 aliphatic carbocycles. The highest BCUT2D eigenvalue weighted by Gasteiger charge is 2.29. The molecule has 13 nitrogen and oxygen atoms in total. The van der Waals surface area contributed by atoms with Crippen LogP contribution in [-0.2, 0) is 30.4 Å². The van der Waals surface area contributed by atoms with Crippen LogP contribution in [0.25, 0.3) is 23.3 Å². The summed E-state index contributed by atoms with van der Waals surface area (Å²) in [5.74, 6) is -0.0808. The fraction of sp³-hybridized carbons (Fsp3) is 0.316. The number of aromatic amines is 3. The van der Waals surface area contributed by atoms with Crippen LogP contribution in [0.4, 0.5) is 0 Å². The molecule has 0 spiro atoms. The highest BCUT2D eigenvalue weighted by atomic mass is 35.5. The topological polar surface area (TPSA) is 183 Å². The Morgan fingerprint density at radius 2 is 0.957 bits per heavy atom. The molecule has 6 N–H and O–H groups in total. The highest BCUT2D eigenvalue weighted by Crippen LogP contribution is 2.36. The smallest absolute Gasteiger partial charge is 0.272 e. The third kappa shape index (κ3) is 18.0. The van der Waals surface area contributed by atoms with E-state index in [0.29, 0.717) is 39.7 Å². The average Bonchev–Trinajstić information content (AvgIpc) is 1.71. The van der Waals surface area contributed by atoms with E-state index >= 15 is 0 Å². The number of benzene rings is 6. The number of hydrogen-bond donors (Lipinski definition) is 6. The molecule has 0 aliphatic heterocycles. The molecule has 0 bridgehead atoms. The number of rotatable bonds is 15. The molecule has 476 valence electrons. The second-order valence-electron chi connectivity index (χ2n) is 24.1. The van der Waals surface area contributed by atoms with E-state index in [2.05, 4.69) is 64.8 Å². The second-order valence-corrected chi connectivity index (χ2v) is 25.4. The Morgan fingerprint density at radius 1 is 0.500 bits per heavy atom. The normalized spacial score (nSPS) is 16.7. The Bertz CT molecular complexity index is 3780. The van der Waals surface area contributed by atoms with Crippen LogP contribution in [-0.4, -0.2) is 62.0 Å². The molecule has 92 heavy (non-hydrogen) atoms. The van der Waals surface area contributed by atoms with Crippen molar-refractivity contribution in [1.29, 1.82) is 0 Å². The molecule has 0 fully saturated rings. The van der Waals surface area contributed by atoms with Gasteiger partial charge in [-0.3, -0.25) is 29.7 Å². The van der Waals surface area contributed by atoms with Crippen molar-refractivity contribution < 1.29 is 19.1 Å². The van der Waals surface area contributed by atoms with E-state index in [1.54, 1.807) is 7.11 Å². The number of H-pyrrole nitrogens is 3. The minimum Gasteiger partial charge on any atom is -0.382 e. The van der Waals surface area contributed by atoms with Gasteiger partial charge in [-0.25, -0.2) is 0 Å². The summed E-state index contributed by atoms with van der Waals surface area (Å²) >= 11 is 18.5. The van der Waals surface area contributed by atoms with Crippen molar-refractivity contribution in [3.63, 3.8) is 0 Å². The van der Waals surface area contributed by atoms with Crippen molar-refractivity contribution in [3.05, 3.63) is 263 Å². The molecule has 16 heteroatoms. The maximum Gasteiger partial charge on any atom is 0.272 e. The van der Waals surface area contributed by atoms with E-state index in [1.165, 1.54) is 12.0 Å². The third-order valence-electron chi connectivity index (χ3n) is 17.4. The van der Waals surface area contributed by atoms with Gasteiger partial charge in [-0.05, 0) is 184 Å². The summed E-state index contributed by atoms with van der Waals surface area (Å²) in [5, 5.41) is 34.5. The molecule has 6 aromatic carbocycles. The molecule has 9 aromatic rings. The standard InChI is InChI=1S/C26H30ClN3O2.2C25H26ClN3O/c1-32-17-23(19-10-4-2-5-11-19)28-26(31)25-22-14-7-3-6-12-20(24(22)29-30-25)15-18-9-8-13-21(27)16-18;2*1-17(19-10-4-2-5-11-19)27-25(30)24-22-14-7-3-6-12-20(23(22)28-29-24)15-18-9-8-13-21(26)16-18/h2,4-5,8-11,13,16,20,23H,3,6-7,12,14-15,17H2,1H3,(H,28,31)(H,29,30);2*2,4-5,8-11,13,15-17H,3,6-7,12,14H2,1H3,(H,27,30)(H,28,29)/b;2*20-15+/t20-,23+;2*17-/m110/s1. The Labute approximate surface area is 555 Å². The molecular formula is C76H82Cl3N9O4. The van der Waals surface area contributed by atoms with E-state index in [-0.39, 0.29) is 35.8 Å². The van der Waals surface area contributed by atoms with Crippen molar-refractivity contribution in [2.75, 3.05) is 13.7 Å². The van der Waals surface area contributed by atoms with Gasteiger partial charge in [0.1, 0.15) is 11.4 Å². The van der Waals surface area contributed by atoms with Crippen molar-refractivity contribution in [1.82, 2.24) is 46.5 Å². The average molecular weight is 1290 g/mol. The number of halogens is 3. The zero-order valence-corrected chi connectivity index (χ0v) is 54.9. The zero-order valence-electron chi connectivity index (χ0n) is 52.7. The Kier molecular flexibility index (Phi) is 24.1. The lowest BCUT2D eigenvalue weighted by Gasteiger charge is -2.21. The van der Waals surface area contributed by atoms with Gasteiger partial charge in [0.25, 0.3) is 17.7 Å². The molecule has 3 aliphatic rings. The zero-order chi connectivity index (χ0) is 64.2. The van der Waals surface area contributed by atoms with Crippen LogP contribution < -0.4 is 16.0 Å². The fourth-order valence-corrected chi connectivity index (χ4v) is 13.2. The molecule has 3 amide bonds. The van der Waals surface area contributed by atoms with Gasteiger partial charge in [0.15, 0.2) is 5.69 Å². The molecule has 3 heterocycles.